The van der Waals surface area contributed by atoms with Crippen molar-refractivity contribution in [1.82, 2.24) is 0 Å². The molecule has 0 heterocycles. The Balaban J connectivity index is 0.000000762. The van der Waals surface area contributed by atoms with Gasteiger partial charge in [0.05, 0.1) is 0 Å². The molecule has 0 aliphatic heterocycles. The Morgan fingerprint density at radius 2 is 0.732 bits per heavy atom. The van der Waals surface area contributed by atoms with Crippen LogP contribution in [0.3, 0.4) is 0 Å². The van der Waals surface area contributed by atoms with E-state index in [1.54, 1.807) is 0 Å². The zero-order valence-electron chi connectivity index (χ0n) is 27.0. The van der Waals surface area contributed by atoms with Crippen LogP contribution in [-0.2, 0) is 61.2 Å². The van der Waals surface area contributed by atoms with Gasteiger partial charge in [-0.2, -0.15) is 0 Å². The predicted octanol–water partition coefficient (Wildman–Crippen LogP) is 5.34. The van der Waals surface area contributed by atoms with Crippen LogP contribution >= 0.6 is 0 Å². The van der Waals surface area contributed by atoms with Gasteiger partial charge in [0, 0.05) is 11.9 Å². The maximum Gasteiger partial charge on any atom is 2.00 e. The number of aryl methyl sites for hydroxylation is 2. The Kier molecular flexibility index (Phi) is 13.3. The average Bonchev–Trinajstić information content (AvgIpc) is 2.74. The largest absolute Gasteiger partial charge is 2.00 e. The maximum atomic E-state index is 10.6. The molecule has 0 saturated heterocycles. The van der Waals surface area contributed by atoms with E-state index in [2.05, 4.69) is 0 Å². The topological polar surface area (TPSA) is 121 Å². The molecule has 0 amide bonds. The molecule has 6 nitrogen and oxygen atoms in total. The van der Waals surface area contributed by atoms with Crippen LogP contribution in [0.25, 0.3) is 0 Å². The van der Waals surface area contributed by atoms with Gasteiger partial charge < -0.3 is 30.0 Å². The summed E-state index contributed by atoms with van der Waals surface area (Å²) >= 11 is 0. The van der Waals surface area contributed by atoms with E-state index in [4.69, 9.17) is 0 Å². The van der Waals surface area contributed by atoms with Gasteiger partial charge in [0.2, 0.25) is 0 Å². The van der Waals surface area contributed by atoms with Gasteiger partial charge in [-0.25, -0.2) is 0 Å². The van der Waals surface area contributed by atoms with E-state index in [1.165, 1.54) is 0 Å². The number of hydrogen-bond donors (Lipinski definition) is 2. The number of phenolic OH excluding ortho intramolecular Hbond substituents is 2. The monoisotopic (exact) mass is 617 g/mol. The van der Waals surface area contributed by atoms with Gasteiger partial charge in [0.1, 0.15) is 11.5 Å². The molecule has 41 heavy (non-hydrogen) atoms. The average molecular weight is 618 g/mol. The molecule has 0 saturated carbocycles. The summed E-state index contributed by atoms with van der Waals surface area (Å²) in [5, 5.41) is 42.4. The van der Waals surface area contributed by atoms with Crippen molar-refractivity contribution in [2.45, 2.75) is 130 Å². The summed E-state index contributed by atoms with van der Waals surface area (Å²) < 4.78 is 0. The molecule has 0 atom stereocenters. The molecule has 2 aromatic rings. The van der Waals surface area contributed by atoms with E-state index < -0.39 is 11.9 Å². The first-order valence-electron chi connectivity index (χ1n) is 14.0. The molecule has 0 aliphatic carbocycles. The number of phenols is 2. The summed E-state index contributed by atoms with van der Waals surface area (Å²) in [5.41, 5.74) is 4.53. The van der Waals surface area contributed by atoms with Crippen LogP contribution in [0.2, 0.25) is 0 Å². The second-order valence-corrected chi connectivity index (χ2v) is 14.8. The Bertz CT molecular complexity index is 1040. The van der Waals surface area contributed by atoms with Crippen molar-refractivity contribution in [3.63, 3.8) is 0 Å². The predicted molar refractivity (Wildman–Crippen MR) is 158 cm³/mol. The van der Waals surface area contributed by atoms with Gasteiger partial charge in [-0.15, -0.1) is 0 Å². The van der Waals surface area contributed by atoms with Gasteiger partial charge in [0.15, 0.2) is 0 Å². The molecule has 2 aromatic carbocycles. The Morgan fingerprint density at radius 3 is 0.878 bits per heavy atom. The van der Waals surface area contributed by atoms with Crippen molar-refractivity contribution < 1.29 is 47.1 Å². The first kappa shape index (κ1) is 38.5. The summed E-state index contributed by atoms with van der Waals surface area (Å²) in [6, 6.07) is 7.64. The van der Waals surface area contributed by atoms with Gasteiger partial charge in [-0.1, -0.05) is 107 Å². The Labute approximate surface area is 258 Å². The second kappa shape index (κ2) is 14.1. The van der Waals surface area contributed by atoms with Crippen molar-refractivity contribution in [3.05, 3.63) is 57.6 Å². The zero-order valence-corrected chi connectivity index (χ0v) is 27.9. The van der Waals surface area contributed by atoms with Gasteiger partial charge in [0.25, 0.3) is 0 Å². The molecule has 0 spiro atoms. The molecule has 2 rings (SSSR count). The van der Waals surface area contributed by atoms with E-state index in [-0.39, 0.29) is 51.6 Å². The third-order valence-corrected chi connectivity index (χ3v) is 6.81. The summed E-state index contributed by atoms with van der Waals surface area (Å²) in [7, 11) is 0. The quantitative estimate of drug-likeness (QED) is 0.422. The minimum absolute atomic E-state index is 0. The normalized spacial score (nSPS) is 12.2. The van der Waals surface area contributed by atoms with Crippen molar-refractivity contribution >= 4 is 11.9 Å². The fourth-order valence-corrected chi connectivity index (χ4v) is 4.46. The Hall–Kier alpha value is -2.50. The van der Waals surface area contributed by atoms with E-state index in [0.29, 0.717) is 24.3 Å². The van der Waals surface area contributed by atoms with E-state index in [1.807, 2.05) is 107 Å². The minimum Gasteiger partial charge on any atom is -0.550 e. The van der Waals surface area contributed by atoms with Gasteiger partial charge >= 0.3 is 17.1 Å². The van der Waals surface area contributed by atoms with Crippen LogP contribution in [0.5, 0.6) is 11.5 Å². The third kappa shape index (κ3) is 11.7. The molecular formula is C34H50CuO6. The van der Waals surface area contributed by atoms with Crippen molar-refractivity contribution in [2.24, 2.45) is 0 Å². The number of aromatic hydroxyl groups is 2. The van der Waals surface area contributed by atoms with Crippen LogP contribution in [0.4, 0.5) is 0 Å². The van der Waals surface area contributed by atoms with Crippen molar-refractivity contribution in [1.29, 1.82) is 0 Å². The van der Waals surface area contributed by atoms with Crippen molar-refractivity contribution in [2.75, 3.05) is 0 Å². The van der Waals surface area contributed by atoms with Crippen LogP contribution in [0.15, 0.2) is 24.3 Å². The number of benzene rings is 2. The fraction of sp³-hybridized carbons (Fsp3) is 0.588. The number of aliphatic carboxylic acids is 2. The van der Waals surface area contributed by atoms with E-state index in [9.17, 15) is 30.0 Å². The van der Waals surface area contributed by atoms with Crippen LogP contribution in [0, 0.1) is 0 Å². The van der Waals surface area contributed by atoms with Crippen molar-refractivity contribution in [3.8, 4) is 11.5 Å². The van der Waals surface area contributed by atoms with Crippen LogP contribution in [0.1, 0.15) is 129 Å². The summed E-state index contributed by atoms with van der Waals surface area (Å²) in [5.74, 6) is -1.45. The number of carboxylic acid groups (broad SMARTS) is 2. The second-order valence-electron chi connectivity index (χ2n) is 14.8. The summed E-state index contributed by atoms with van der Waals surface area (Å²) in [4.78, 5) is 21.3. The van der Waals surface area contributed by atoms with Gasteiger partial charge in [-0.3, -0.25) is 0 Å². The first-order chi connectivity index (χ1) is 17.9. The number of carboxylic acids is 2. The molecule has 0 bridgehead atoms. The van der Waals surface area contributed by atoms with Crippen LogP contribution in [-0.4, -0.2) is 22.2 Å². The standard InChI is InChI=1S/2C17H26O3.Cu/c2*1-16(2,3)12-9-11(7-8-14(18)19)10-13(15(12)20)17(4,5)6;/h2*9-10,20H,7-8H2,1-6H3,(H,18,19);/q;;+2/p-2. The number of hydrogen-bond acceptors (Lipinski definition) is 6. The minimum atomic E-state index is -1.05. The molecule has 1 radical (unpaired) electrons. The van der Waals surface area contributed by atoms with Crippen LogP contribution < -0.4 is 10.2 Å². The fourth-order valence-electron chi connectivity index (χ4n) is 4.46. The summed E-state index contributed by atoms with van der Waals surface area (Å²) in [6.45, 7) is 24.5. The van der Waals surface area contributed by atoms with E-state index in [0.717, 1.165) is 33.4 Å². The molecule has 0 aliphatic rings. The molecule has 2 N–H and O–H groups in total. The molecule has 7 heteroatoms. The number of rotatable bonds is 6. The molecule has 0 fully saturated rings. The molecule has 0 unspecified atom stereocenters. The zero-order chi connectivity index (χ0) is 31.4. The van der Waals surface area contributed by atoms with Gasteiger partial charge in [-0.05, 0) is 80.7 Å². The SMILES string of the molecule is CC(C)(C)c1cc(CCC(=O)[O-])cc(C(C)(C)C)c1O.CC(C)(C)c1cc(CCC(=O)[O-])cc(C(C)(C)C)c1O.[Cu+2]. The smallest absolute Gasteiger partial charge is 0.550 e. The number of carbonyl (C=O) groups is 2. The molecule has 233 valence electrons. The Morgan fingerprint density at radius 1 is 0.537 bits per heavy atom. The third-order valence-electron chi connectivity index (χ3n) is 6.81. The van der Waals surface area contributed by atoms with E-state index >= 15 is 0 Å². The maximum absolute atomic E-state index is 10.6. The molecule has 0 aromatic heterocycles. The molecular weight excluding hydrogens is 568 g/mol. The number of carbonyl (C=O) groups excluding carboxylic acids is 2. The first-order valence-corrected chi connectivity index (χ1v) is 14.0. The summed E-state index contributed by atoms with van der Waals surface area (Å²) in [6.07, 6.45) is 0.847.